The lowest BCUT2D eigenvalue weighted by Gasteiger charge is -2.27. The maximum absolute atomic E-state index is 13.3. The fourth-order valence-corrected chi connectivity index (χ4v) is 3.93. The van der Waals surface area contributed by atoms with E-state index in [0.29, 0.717) is 12.0 Å². The smallest absolute Gasteiger partial charge is 0.329 e. The number of aromatic nitrogens is 3. The van der Waals surface area contributed by atoms with Gasteiger partial charge in [-0.25, -0.2) is 9.78 Å². The summed E-state index contributed by atoms with van der Waals surface area (Å²) in [7, 11) is 1.64. The molecule has 1 atom stereocenters. The van der Waals surface area contributed by atoms with E-state index in [-0.39, 0.29) is 12.5 Å². The number of imidazole rings is 1. The summed E-state index contributed by atoms with van der Waals surface area (Å²) < 4.78 is 7.28. The van der Waals surface area contributed by atoms with Gasteiger partial charge in [0.25, 0.3) is 5.91 Å². The van der Waals surface area contributed by atoms with Crippen LogP contribution in [-0.2, 0) is 16.0 Å². The van der Waals surface area contributed by atoms with Gasteiger partial charge in [0.2, 0.25) is 0 Å². The summed E-state index contributed by atoms with van der Waals surface area (Å²) in [6.07, 6.45) is 3.84. The van der Waals surface area contributed by atoms with Gasteiger partial charge in [0.05, 0.1) is 18.3 Å². The van der Waals surface area contributed by atoms with Crippen molar-refractivity contribution in [2.45, 2.75) is 26.3 Å². The van der Waals surface area contributed by atoms with E-state index in [9.17, 15) is 9.59 Å². The lowest BCUT2D eigenvalue weighted by molar-refractivity contribution is -0.148. The Bertz CT molecular complexity index is 1270. The SMILES string of the molecule is CCOC(=O)[C@H](Cc1ccccc1)N(C)C(=O)c1ccc(-n2c(C)nc3cnccc32)cc1. The summed E-state index contributed by atoms with van der Waals surface area (Å²) in [6.45, 7) is 3.95. The van der Waals surface area contributed by atoms with Crippen molar-refractivity contribution in [2.24, 2.45) is 0 Å². The highest BCUT2D eigenvalue weighted by atomic mass is 16.5. The van der Waals surface area contributed by atoms with Gasteiger partial charge < -0.3 is 9.64 Å². The average Bonchev–Trinajstić information content (AvgIpc) is 3.18. The van der Waals surface area contributed by atoms with E-state index in [4.69, 9.17) is 4.74 Å². The average molecular weight is 443 g/mol. The molecule has 1 amide bonds. The number of rotatable bonds is 7. The summed E-state index contributed by atoms with van der Waals surface area (Å²) in [6, 6.07) is 18.1. The van der Waals surface area contributed by atoms with E-state index >= 15 is 0 Å². The number of hydrogen-bond acceptors (Lipinski definition) is 5. The second kappa shape index (κ2) is 9.65. The number of carbonyl (C=O) groups is 2. The van der Waals surface area contributed by atoms with Crippen LogP contribution in [0.2, 0.25) is 0 Å². The highest BCUT2D eigenvalue weighted by Crippen LogP contribution is 2.21. The molecule has 0 spiro atoms. The number of benzene rings is 2. The van der Waals surface area contributed by atoms with Crippen molar-refractivity contribution in [3.63, 3.8) is 0 Å². The molecule has 7 heteroatoms. The third kappa shape index (κ3) is 4.62. The Hall–Kier alpha value is -4.00. The Labute approximate surface area is 192 Å². The third-order valence-corrected chi connectivity index (χ3v) is 5.62. The molecule has 2 aromatic carbocycles. The Kier molecular flexibility index (Phi) is 6.49. The van der Waals surface area contributed by atoms with Crippen molar-refractivity contribution in [1.82, 2.24) is 19.4 Å². The van der Waals surface area contributed by atoms with Crippen LogP contribution in [-0.4, -0.2) is 51.0 Å². The summed E-state index contributed by atoms with van der Waals surface area (Å²) >= 11 is 0. The number of likely N-dealkylation sites (N-methyl/N-ethyl adjacent to an activating group) is 1. The standard InChI is InChI=1S/C26H26N4O3/c1-4-33-26(32)24(16-19-8-6-5-7-9-19)29(3)25(31)20-10-12-21(13-11-20)30-18(2)28-22-17-27-15-14-23(22)30/h5-15,17,24H,4,16H2,1-3H3/t24-/m0/s1. The molecule has 0 radical (unpaired) electrons. The monoisotopic (exact) mass is 442 g/mol. The summed E-state index contributed by atoms with van der Waals surface area (Å²) in [5, 5.41) is 0. The Morgan fingerprint density at radius 3 is 2.48 bits per heavy atom. The highest BCUT2D eigenvalue weighted by Gasteiger charge is 2.29. The molecule has 0 aliphatic heterocycles. The Morgan fingerprint density at radius 2 is 1.79 bits per heavy atom. The summed E-state index contributed by atoms with van der Waals surface area (Å²) in [4.78, 5) is 36.1. The van der Waals surface area contributed by atoms with Gasteiger partial charge in [-0.1, -0.05) is 30.3 Å². The first kappa shape index (κ1) is 22.2. The maximum Gasteiger partial charge on any atom is 0.329 e. The molecule has 7 nitrogen and oxygen atoms in total. The molecule has 0 saturated carbocycles. The van der Waals surface area contributed by atoms with Crippen LogP contribution >= 0.6 is 0 Å². The van der Waals surface area contributed by atoms with Crippen molar-refractivity contribution >= 4 is 22.9 Å². The third-order valence-electron chi connectivity index (χ3n) is 5.62. The van der Waals surface area contributed by atoms with Gasteiger partial charge in [0, 0.05) is 30.9 Å². The van der Waals surface area contributed by atoms with Crippen molar-refractivity contribution < 1.29 is 14.3 Å². The van der Waals surface area contributed by atoms with Gasteiger partial charge in [-0.3, -0.25) is 14.3 Å². The van der Waals surface area contributed by atoms with Crippen LogP contribution in [0, 0.1) is 6.92 Å². The maximum atomic E-state index is 13.3. The van der Waals surface area contributed by atoms with E-state index in [2.05, 4.69) is 9.97 Å². The number of carbonyl (C=O) groups excluding carboxylic acids is 2. The van der Waals surface area contributed by atoms with E-state index in [0.717, 1.165) is 28.1 Å². The van der Waals surface area contributed by atoms with Gasteiger partial charge >= 0.3 is 5.97 Å². The zero-order chi connectivity index (χ0) is 23.4. The normalized spacial score (nSPS) is 11.8. The molecule has 0 aliphatic rings. The largest absolute Gasteiger partial charge is 0.464 e. The molecule has 0 saturated heterocycles. The molecule has 0 unspecified atom stereocenters. The van der Waals surface area contributed by atoms with E-state index in [1.54, 1.807) is 38.5 Å². The number of nitrogens with zero attached hydrogens (tertiary/aromatic N) is 4. The minimum absolute atomic E-state index is 0.244. The van der Waals surface area contributed by atoms with Crippen LogP contribution in [0.25, 0.3) is 16.7 Å². The second-order valence-electron chi connectivity index (χ2n) is 7.78. The molecule has 0 bridgehead atoms. The first-order valence-corrected chi connectivity index (χ1v) is 10.9. The fourth-order valence-electron chi connectivity index (χ4n) is 3.93. The van der Waals surface area contributed by atoms with Crippen molar-refractivity contribution in [2.75, 3.05) is 13.7 Å². The summed E-state index contributed by atoms with van der Waals surface area (Å²) in [5.74, 6) is 0.175. The predicted octanol–water partition coefficient (Wildman–Crippen LogP) is 3.98. The van der Waals surface area contributed by atoms with Crippen LogP contribution in [0.3, 0.4) is 0 Å². The first-order valence-electron chi connectivity index (χ1n) is 10.9. The van der Waals surface area contributed by atoms with Gasteiger partial charge in [0.1, 0.15) is 17.4 Å². The van der Waals surface area contributed by atoms with E-state index in [1.807, 2.05) is 60.0 Å². The number of esters is 1. The fraction of sp³-hybridized carbons (Fsp3) is 0.231. The molecule has 4 rings (SSSR count). The van der Waals surface area contributed by atoms with Crippen LogP contribution in [0.1, 0.15) is 28.7 Å². The molecule has 2 aromatic heterocycles. The zero-order valence-electron chi connectivity index (χ0n) is 18.9. The number of amides is 1. The topological polar surface area (TPSA) is 77.3 Å². The van der Waals surface area contributed by atoms with Gasteiger partial charge in [-0.15, -0.1) is 0 Å². The number of pyridine rings is 1. The van der Waals surface area contributed by atoms with Crippen molar-refractivity contribution in [3.05, 3.63) is 90.0 Å². The molecule has 2 heterocycles. The lowest BCUT2D eigenvalue weighted by atomic mass is 10.0. The molecular weight excluding hydrogens is 416 g/mol. The van der Waals surface area contributed by atoms with Gasteiger partial charge in [-0.2, -0.15) is 0 Å². The minimum atomic E-state index is -0.716. The first-order chi connectivity index (χ1) is 16.0. The van der Waals surface area contributed by atoms with Gasteiger partial charge in [-0.05, 0) is 49.7 Å². The number of fused-ring (bicyclic) bond motifs is 1. The van der Waals surface area contributed by atoms with Crippen LogP contribution in [0.5, 0.6) is 0 Å². The molecule has 33 heavy (non-hydrogen) atoms. The molecule has 0 aliphatic carbocycles. The van der Waals surface area contributed by atoms with Crippen molar-refractivity contribution in [1.29, 1.82) is 0 Å². The Morgan fingerprint density at radius 1 is 1.06 bits per heavy atom. The zero-order valence-corrected chi connectivity index (χ0v) is 18.9. The molecule has 0 N–H and O–H groups in total. The van der Waals surface area contributed by atoms with Gasteiger partial charge in [0.15, 0.2) is 0 Å². The molecular formula is C26H26N4O3. The van der Waals surface area contributed by atoms with E-state index in [1.165, 1.54) is 4.90 Å². The Balaban J connectivity index is 1.59. The van der Waals surface area contributed by atoms with Crippen LogP contribution in [0.15, 0.2) is 73.1 Å². The molecule has 168 valence electrons. The summed E-state index contributed by atoms with van der Waals surface area (Å²) in [5.41, 5.74) is 4.11. The minimum Gasteiger partial charge on any atom is -0.464 e. The molecule has 0 fully saturated rings. The lowest BCUT2D eigenvalue weighted by Crippen LogP contribution is -2.44. The molecule has 4 aromatic rings. The predicted molar refractivity (Wildman–Crippen MR) is 126 cm³/mol. The number of hydrogen-bond donors (Lipinski definition) is 0. The van der Waals surface area contributed by atoms with Crippen LogP contribution in [0.4, 0.5) is 0 Å². The van der Waals surface area contributed by atoms with E-state index < -0.39 is 12.0 Å². The van der Waals surface area contributed by atoms with Crippen LogP contribution < -0.4 is 0 Å². The second-order valence-corrected chi connectivity index (χ2v) is 7.78. The van der Waals surface area contributed by atoms with Crippen molar-refractivity contribution in [3.8, 4) is 5.69 Å². The number of aryl methyl sites for hydroxylation is 1. The quantitative estimate of drug-likeness (QED) is 0.405. The highest BCUT2D eigenvalue weighted by molar-refractivity contribution is 5.97. The number of ether oxygens (including phenoxy) is 1.